The van der Waals surface area contributed by atoms with Crippen molar-refractivity contribution in [2.45, 2.75) is 6.18 Å². The monoisotopic (exact) mass is 479 g/mol. The molecule has 0 aliphatic heterocycles. The van der Waals surface area contributed by atoms with E-state index in [9.17, 15) is 23.4 Å². The largest absolute Gasteiger partial charge is 0.508 e. The molecule has 0 heterocycles. The van der Waals surface area contributed by atoms with Crippen LogP contribution in [-0.4, -0.2) is 48.5 Å². The average Bonchev–Trinajstić information content (AvgIpc) is 2.73. The molecule has 33 heavy (non-hydrogen) atoms. The first kappa shape index (κ1) is 26.1. The van der Waals surface area contributed by atoms with Crippen LogP contribution in [0.1, 0.15) is 16.7 Å². The Morgan fingerprint density at radius 1 is 0.758 bits per heavy atom. The molecule has 0 bridgehead atoms. The number of hydrogen-bond acceptors (Lipinski definition) is 4. The number of nitrogens with zero attached hydrogens (tertiary/aromatic N) is 1. The number of phenolic OH excluding ortho intramolecular Hbond substituents is 2. The molecule has 0 radical (unpaired) electrons. The van der Waals surface area contributed by atoms with Crippen molar-refractivity contribution in [2.75, 3.05) is 27.2 Å². The lowest BCUT2D eigenvalue weighted by atomic mass is 9.89. The summed E-state index contributed by atoms with van der Waals surface area (Å²) < 4.78 is 48.6. The van der Waals surface area contributed by atoms with Crippen molar-refractivity contribution in [3.63, 3.8) is 0 Å². The highest BCUT2D eigenvalue weighted by molar-refractivity contribution is 6.00. The number of alkyl halides is 3. The highest BCUT2D eigenvalue weighted by atomic mass is 35.5. The molecule has 4 nitrogen and oxygen atoms in total. The Morgan fingerprint density at radius 2 is 1.18 bits per heavy atom. The van der Waals surface area contributed by atoms with Gasteiger partial charge in [-0.3, -0.25) is 0 Å². The molecule has 0 fully saturated rings. The molecule has 0 spiro atoms. The van der Waals surface area contributed by atoms with E-state index < -0.39 is 11.7 Å². The Balaban J connectivity index is 0.00000385. The Kier molecular flexibility index (Phi) is 8.79. The minimum atomic E-state index is -4.68. The fraction of sp³-hybridized carbons (Fsp3) is 0.200. The van der Waals surface area contributed by atoms with E-state index in [4.69, 9.17) is 4.74 Å². The van der Waals surface area contributed by atoms with Gasteiger partial charge < -0.3 is 19.8 Å². The molecular formula is C25H25ClF3NO3. The predicted octanol–water partition coefficient (Wildman–Crippen LogP) is 5.98. The third kappa shape index (κ3) is 6.91. The topological polar surface area (TPSA) is 52.9 Å². The standard InChI is InChI=1S/C25H24F3NO3.ClH/c1-29(2)15-16-32-22-13-7-18(8-14-22)23(17-3-9-20(30)10-4-17)24(25(26,27)28)19-5-11-21(31)12-6-19;/h3-14,30-31H,15-16H2,1-2H3;1H. The van der Waals surface area contributed by atoms with Gasteiger partial charge in [-0.05, 0) is 67.2 Å². The fourth-order valence-corrected chi connectivity index (χ4v) is 3.23. The van der Waals surface area contributed by atoms with Crippen molar-refractivity contribution in [1.82, 2.24) is 4.90 Å². The summed E-state index contributed by atoms with van der Waals surface area (Å²) in [6.45, 7) is 1.16. The smallest absolute Gasteiger partial charge is 0.417 e. The number of hydrogen-bond donors (Lipinski definition) is 2. The number of halogens is 4. The second-order valence-electron chi connectivity index (χ2n) is 7.52. The third-order valence-electron chi connectivity index (χ3n) is 4.80. The molecule has 0 aromatic heterocycles. The second kappa shape index (κ2) is 11.1. The van der Waals surface area contributed by atoms with Crippen LogP contribution in [0, 0.1) is 0 Å². The van der Waals surface area contributed by atoms with Crippen LogP contribution in [0.15, 0.2) is 72.8 Å². The van der Waals surface area contributed by atoms with Crippen LogP contribution in [0.25, 0.3) is 11.1 Å². The molecule has 3 aromatic carbocycles. The number of aromatic hydroxyl groups is 2. The molecule has 3 aromatic rings. The number of ether oxygens (including phenoxy) is 1. The zero-order valence-corrected chi connectivity index (χ0v) is 19.0. The zero-order chi connectivity index (χ0) is 23.3. The van der Waals surface area contributed by atoms with Crippen LogP contribution < -0.4 is 4.74 Å². The fourth-order valence-electron chi connectivity index (χ4n) is 3.23. The minimum Gasteiger partial charge on any atom is -0.508 e. The third-order valence-corrected chi connectivity index (χ3v) is 4.80. The molecule has 176 valence electrons. The number of allylic oxidation sites excluding steroid dienone is 1. The first-order valence-electron chi connectivity index (χ1n) is 9.93. The lowest BCUT2D eigenvalue weighted by Crippen LogP contribution is -2.19. The second-order valence-corrected chi connectivity index (χ2v) is 7.52. The summed E-state index contributed by atoms with van der Waals surface area (Å²) in [6.07, 6.45) is -4.68. The van der Waals surface area contributed by atoms with Gasteiger partial charge in [-0.15, -0.1) is 12.4 Å². The molecule has 2 N–H and O–H groups in total. The SMILES string of the molecule is CN(C)CCOc1ccc(C(=C(c2ccc(O)cc2)C(F)(F)F)c2ccc(O)cc2)cc1.Cl. The van der Waals surface area contributed by atoms with Gasteiger partial charge in [0.15, 0.2) is 0 Å². The van der Waals surface area contributed by atoms with Crippen LogP contribution >= 0.6 is 12.4 Å². The van der Waals surface area contributed by atoms with Gasteiger partial charge in [0.05, 0.1) is 5.57 Å². The van der Waals surface area contributed by atoms with E-state index in [-0.39, 0.29) is 35.0 Å². The van der Waals surface area contributed by atoms with Crippen molar-refractivity contribution < 1.29 is 28.1 Å². The molecule has 8 heteroatoms. The van der Waals surface area contributed by atoms with E-state index >= 15 is 0 Å². The zero-order valence-electron chi connectivity index (χ0n) is 18.1. The molecule has 0 aliphatic rings. The van der Waals surface area contributed by atoms with Gasteiger partial charge in [0.1, 0.15) is 23.9 Å². The van der Waals surface area contributed by atoms with Gasteiger partial charge in [-0.25, -0.2) is 0 Å². The van der Waals surface area contributed by atoms with E-state index in [0.717, 1.165) is 0 Å². The number of rotatable bonds is 7. The first-order valence-corrected chi connectivity index (χ1v) is 9.93. The molecule has 3 rings (SSSR count). The summed E-state index contributed by atoms with van der Waals surface area (Å²) >= 11 is 0. The Hall–Kier alpha value is -3.16. The molecule has 0 aliphatic carbocycles. The summed E-state index contributed by atoms with van der Waals surface area (Å²) in [4.78, 5) is 1.97. The van der Waals surface area contributed by atoms with Crippen LogP contribution in [0.5, 0.6) is 17.2 Å². The maximum atomic E-state index is 14.3. The lowest BCUT2D eigenvalue weighted by molar-refractivity contribution is -0.0685. The predicted molar refractivity (Wildman–Crippen MR) is 126 cm³/mol. The van der Waals surface area contributed by atoms with Crippen molar-refractivity contribution in [3.8, 4) is 17.2 Å². The molecular weight excluding hydrogens is 455 g/mol. The van der Waals surface area contributed by atoms with Gasteiger partial charge in [0.2, 0.25) is 0 Å². The molecule has 0 unspecified atom stereocenters. The summed E-state index contributed by atoms with van der Waals surface area (Å²) in [7, 11) is 3.84. The Morgan fingerprint density at radius 3 is 1.61 bits per heavy atom. The van der Waals surface area contributed by atoms with Gasteiger partial charge >= 0.3 is 6.18 Å². The maximum absolute atomic E-state index is 14.3. The van der Waals surface area contributed by atoms with Crippen molar-refractivity contribution in [2.24, 2.45) is 0 Å². The first-order chi connectivity index (χ1) is 15.1. The van der Waals surface area contributed by atoms with E-state index in [1.807, 2.05) is 19.0 Å². The van der Waals surface area contributed by atoms with E-state index in [1.54, 1.807) is 24.3 Å². The summed E-state index contributed by atoms with van der Waals surface area (Å²) in [6, 6.07) is 16.9. The van der Waals surface area contributed by atoms with E-state index in [2.05, 4.69) is 0 Å². The van der Waals surface area contributed by atoms with Crippen LogP contribution in [0.2, 0.25) is 0 Å². The van der Waals surface area contributed by atoms with Crippen LogP contribution in [-0.2, 0) is 0 Å². The number of benzene rings is 3. The number of phenols is 2. The molecule has 0 amide bonds. The Bertz CT molecular complexity index is 1060. The van der Waals surface area contributed by atoms with E-state index in [0.29, 0.717) is 30.0 Å². The normalized spacial score (nSPS) is 12.2. The molecule has 0 saturated carbocycles. The van der Waals surface area contributed by atoms with E-state index in [1.165, 1.54) is 48.5 Å². The molecule has 0 atom stereocenters. The number of likely N-dealkylation sites (N-methyl/N-ethyl adjacent to an activating group) is 1. The van der Waals surface area contributed by atoms with Crippen LogP contribution in [0.3, 0.4) is 0 Å². The van der Waals surface area contributed by atoms with Crippen molar-refractivity contribution in [3.05, 3.63) is 89.5 Å². The van der Waals surface area contributed by atoms with Gasteiger partial charge in [-0.1, -0.05) is 36.4 Å². The Labute approximate surface area is 197 Å². The van der Waals surface area contributed by atoms with Crippen molar-refractivity contribution >= 4 is 23.6 Å². The van der Waals surface area contributed by atoms with Crippen LogP contribution in [0.4, 0.5) is 13.2 Å². The minimum absolute atomic E-state index is 0. The lowest BCUT2D eigenvalue weighted by Gasteiger charge is -2.20. The highest BCUT2D eigenvalue weighted by Gasteiger charge is 2.38. The summed E-state index contributed by atoms with van der Waals surface area (Å²) in [5.74, 6) is 0.385. The average molecular weight is 480 g/mol. The maximum Gasteiger partial charge on any atom is 0.417 e. The van der Waals surface area contributed by atoms with Gasteiger partial charge in [0, 0.05) is 12.1 Å². The van der Waals surface area contributed by atoms with Gasteiger partial charge in [-0.2, -0.15) is 13.2 Å². The quantitative estimate of drug-likeness (QED) is 0.409. The highest BCUT2D eigenvalue weighted by Crippen LogP contribution is 2.43. The molecule has 0 saturated heterocycles. The van der Waals surface area contributed by atoms with Crippen molar-refractivity contribution in [1.29, 1.82) is 0 Å². The van der Waals surface area contributed by atoms with Gasteiger partial charge in [0.25, 0.3) is 0 Å². The summed E-state index contributed by atoms with van der Waals surface area (Å²) in [5.41, 5.74) is -0.322. The summed E-state index contributed by atoms with van der Waals surface area (Å²) in [5, 5.41) is 19.2.